The van der Waals surface area contributed by atoms with Gasteiger partial charge in [0.05, 0.1) is 0 Å². The minimum absolute atomic E-state index is 0. The summed E-state index contributed by atoms with van der Waals surface area (Å²) in [5, 5.41) is 18.0. The van der Waals surface area contributed by atoms with Gasteiger partial charge in [0.15, 0.2) is 0 Å². The lowest BCUT2D eigenvalue weighted by atomic mass is 10.00. The maximum atomic E-state index is 12.9. The highest BCUT2D eigenvalue weighted by atomic mass is 35.5. The molecule has 0 radical (unpaired) electrons. The molecular formula is C9H9ClF5NO2. The smallest absolute Gasteiger partial charge is 0.455 e. The van der Waals surface area contributed by atoms with Crippen molar-refractivity contribution < 1.29 is 32.2 Å². The zero-order valence-electron chi connectivity index (χ0n) is 8.58. The van der Waals surface area contributed by atoms with Gasteiger partial charge in [0, 0.05) is 11.6 Å². The van der Waals surface area contributed by atoms with Crippen LogP contribution in [0.2, 0.25) is 0 Å². The molecule has 0 aliphatic carbocycles. The lowest BCUT2D eigenvalue weighted by molar-refractivity contribution is -0.291. The highest BCUT2D eigenvalue weighted by Crippen LogP contribution is 2.45. The van der Waals surface area contributed by atoms with Crippen LogP contribution < -0.4 is 5.73 Å². The molecule has 104 valence electrons. The van der Waals surface area contributed by atoms with E-state index < -0.39 is 35.2 Å². The van der Waals surface area contributed by atoms with E-state index in [1.54, 1.807) is 0 Å². The molecular weight excluding hydrogens is 285 g/mol. The van der Waals surface area contributed by atoms with Gasteiger partial charge in [-0.1, -0.05) is 0 Å². The highest BCUT2D eigenvalue weighted by Gasteiger charge is 2.62. The number of aromatic hydroxyl groups is 2. The van der Waals surface area contributed by atoms with Crippen molar-refractivity contribution >= 4 is 12.4 Å². The molecule has 0 amide bonds. The van der Waals surface area contributed by atoms with Crippen molar-refractivity contribution in [2.75, 3.05) is 0 Å². The second-order valence-electron chi connectivity index (χ2n) is 3.34. The first-order valence-corrected chi connectivity index (χ1v) is 4.29. The Kier molecular flexibility index (Phi) is 4.78. The third kappa shape index (κ3) is 2.94. The molecule has 0 aromatic heterocycles. The Morgan fingerprint density at radius 1 is 1.06 bits per heavy atom. The highest BCUT2D eigenvalue weighted by molar-refractivity contribution is 5.85. The number of alkyl halides is 5. The van der Waals surface area contributed by atoms with Gasteiger partial charge in [-0.15, -0.1) is 12.4 Å². The zero-order chi connectivity index (χ0) is 13.4. The first-order chi connectivity index (χ1) is 7.57. The molecule has 0 aliphatic heterocycles. The van der Waals surface area contributed by atoms with Crippen LogP contribution in [0.15, 0.2) is 18.2 Å². The zero-order valence-corrected chi connectivity index (χ0v) is 9.40. The third-order valence-electron chi connectivity index (χ3n) is 2.12. The van der Waals surface area contributed by atoms with E-state index in [1.807, 2.05) is 0 Å². The van der Waals surface area contributed by atoms with Crippen LogP contribution in [0.4, 0.5) is 22.0 Å². The molecule has 4 N–H and O–H groups in total. The lowest BCUT2D eigenvalue weighted by Gasteiger charge is -2.26. The number of benzene rings is 1. The Hall–Kier alpha value is -1.28. The van der Waals surface area contributed by atoms with E-state index in [9.17, 15) is 22.0 Å². The maximum Gasteiger partial charge on any atom is 0.455 e. The van der Waals surface area contributed by atoms with Crippen molar-refractivity contribution in [1.82, 2.24) is 0 Å². The molecule has 0 spiro atoms. The number of nitrogens with two attached hydrogens (primary N) is 1. The Labute approximate surface area is 104 Å². The summed E-state index contributed by atoms with van der Waals surface area (Å²) in [7, 11) is 0. The first-order valence-electron chi connectivity index (χ1n) is 4.29. The van der Waals surface area contributed by atoms with Crippen LogP contribution in [0, 0.1) is 0 Å². The molecule has 1 aromatic carbocycles. The van der Waals surface area contributed by atoms with E-state index >= 15 is 0 Å². The average molecular weight is 294 g/mol. The number of hydrogen-bond donors (Lipinski definition) is 3. The van der Waals surface area contributed by atoms with Crippen LogP contribution in [0.1, 0.15) is 11.6 Å². The van der Waals surface area contributed by atoms with Crippen molar-refractivity contribution in [3.05, 3.63) is 23.8 Å². The van der Waals surface area contributed by atoms with Crippen LogP contribution in [0.3, 0.4) is 0 Å². The SMILES string of the molecule is Cl.N[C@H](c1ccc(O)cc1O)C(F)(F)C(F)(F)F. The van der Waals surface area contributed by atoms with E-state index in [0.717, 1.165) is 6.07 Å². The molecule has 0 unspecified atom stereocenters. The van der Waals surface area contributed by atoms with Gasteiger partial charge in [-0.2, -0.15) is 22.0 Å². The molecule has 18 heavy (non-hydrogen) atoms. The summed E-state index contributed by atoms with van der Waals surface area (Å²) < 4.78 is 61.8. The number of hydrogen-bond acceptors (Lipinski definition) is 3. The maximum absolute atomic E-state index is 12.9. The van der Waals surface area contributed by atoms with E-state index in [2.05, 4.69) is 0 Å². The summed E-state index contributed by atoms with van der Waals surface area (Å²) in [6.45, 7) is 0. The Balaban J connectivity index is 0.00000289. The summed E-state index contributed by atoms with van der Waals surface area (Å²) >= 11 is 0. The normalized spacial score (nSPS) is 13.9. The molecule has 0 bridgehead atoms. The summed E-state index contributed by atoms with van der Waals surface area (Å²) in [6, 6.07) is -0.569. The fourth-order valence-electron chi connectivity index (χ4n) is 1.17. The fourth-order valence-corrected chi connectivity index (χ4v) is 1.17. The van der Waals surface area contributed by atoms with Gasteiger partial charge in [-0.25, -0.2) is 0 Å². The van der Waals surface area contributed by atoms with Crippen molar-refractivity contribution in [2.45, 2.75) is 18.1 Å². The van der Waals surface area contributed by atoms with Crippen LogP contribution in [-0.2, 0) is 0 Å². The van der Waals surface area contributed by atoms with Crippen LogP contribution >= 0.6 is 12.4 Å². The topological polar surface area (TPSA) is 66.5 Å². The lowest BCUT2D eigenvalue weighted by Crippen LogP contribution is -2.45. The van der Waals surface area contributed by atoms with Gasteiger partial charge >= 0.3 is 12.1 Å². The quantitative estimate of drug-likeness (QED) is 0.735. The minimum Gasteiger partial charge on any atom is -0.508 e. The third-order valence-corrected chi connectivity index (χ3v) is 2.12. The number of rotatable bonds is 2. The molecule has 3 nitrogen and oxygen atoms in total. The monoisotopic (exact) mass is 293 g/mol. The van der Waals surface area contributed by atoms with Gasteiger partial charge in [0.1, 0.15) is 17.5 Å². The molecule has 1 aromatic rings. The molecule has 9 heteroatoms. The largest absolute Gasteiger partial charge is 0.508 e. The summed E-state index contributed by atoms with van der Waals surface area (Å²) in [5.41, 5.74) is 4.00. The van der Waals surface area contributed by atoms with Gasteiger partial charge in [-0.05, 0) is 12.1 Å². The summed E-state index contributed by atoms with van der Waals surface area (Å²) in [4.78, 5) is 0. The van der Waals surface area contributed by atoms with E-state index in [4.69, 9.17) is 15.9 Å². The predicted octanol–water partition coefficient (Wildman–Crippen LogP) is 2.72. The van der Waals surface area contributed by atoms with Crippen molar-refractivity contribution in [3.8, 4) is 11.5 Å². The van der Waals surface area contributed by atoms with Crippen molar-refractivity contribution in [1.29, 1.82) is 0 Å². The Morgan fingerprint density at radius 3 is 1.94 bits per heavy atom. The number of halogens is 6. The molecule has 0 aliphatic rings. The van der Waals surface area contributed by atoms with E-state index in [-0.39, 0.29) is 12.4 Å². The minimum atomic E-state index is -5.82. The first kappa shape index (κ1) is 16.7. The molecule has 1 atom stereocenters. The van der Waals surface area contributed by atoms with E-state index in [1.165, 1.54) is 0 Å². The van der Waals surface area contributed by atoms with Crippen molar-refractivity contribution in [3.63, 3.8) is 0 Å². The standard InChI is InChI=1S/C9H8F5NO2.ClH/c10-8(11,9(12,13)14)7(15)5-2-1-4(16)3-6(5)17;/h1-3,7,16-17H,15H2;1H/t7-;/m1./s1. The van der Waals surface area contributed by atoms with Crippen LogP contribution in [0.25, 0.3) is 0 Å². The van der Waals surface area contributed by atoms with E-state index in [0.29, 0.717) is 12.1 Å². The second kappa shape index (κ2) is 5.15. The molecule has 0 fully saturated rings. The number of phenolic OH excluding ortho intramolecular Hbond substituents is 2. The second-order valence-corrected chi connectivity index (χ2v) is 3.34. The molecule has 0 saturated carbocycles. The summed E-state index contributed by atoms with van der Waals surface area (Å²) in [6.07, 6.45) is -5.82. The van der Waals surface area contributed by atoms with Crippen LogP contribution in [-0.4, -0.2) is 22.3 Å². The molecule has 0 saturated heterocycles. The molecule has 1 rings (SSSR count). The van der Waals surface area contributed by atoms with Gasteiger partial charge in [0.2, 0.25) is 0 Å². The fraction of sp³-hybridized carbons (Fsp3) is 0.333. The summed E-state index contributed by atoms with van der Waals surface area (Å²) in [5.74, 6) is -6.59. The van der Waals surface area contributed by atoms with Gasteiger partial charge < -0.3 is 15.9 Å². The van der Waals surface area contributed by atoms with Crippen LogP contribution in [0.5, 0.6) is 11.5 Å². The predicted molar refractivity (Wildman–Crippen MR) is 55.0 cm³/mol. The van der Waals surface area contributed by atoms with Gasteiger partial charge in [-0.3, -0.25) is 0 Å². The number of phenols is 2. The Bertz CT molecular complexity index is 424. The average Bonchev–Trinajstić information content (AvgIpc) is 2.14. The Morgan fingerprint density at radius 2 is 1.56 bits per heavy atom. The molecule has 0 heterocycles. The van der Waals surface area contributed by atoms with Crippen molar-refractivity contribution in [2.24, 2.45) is 5.73 Å². The van der Waals surface area contributed by atoms with Gasteiger partial charge in [0.25, 0.3) is 0 Å².